The predicted molar refractivity (Wildman–Crippen MR) is 46.6 cm³/mol. The highest BCUT2D eigenvalue weighted by Gasteiger charge is 2.08. The summed E-state index contributed by atoms with van der Waals surface area (Å²) in [6.45, 7) is 1.57. The Bertz CT molecular complexity index is 464. The van der Waals surface area contributed by atoms with Crippen LogP contribution in [0.25, 0.3) is 0 Å². The van der Waals surface area contributed by atoms with Gasteiger partial charge in [0, 0.05) is 0 Å². The number of aryl methyl sites for hydroxylation is 1. The molecule has 0 fully saturated rings. The van der Waals surface area contributed by atoms with Crippen LogP contribution < -0.4 is 0 Å². The molecule has 2 heterocycles. The summed E-state index contributed by atoms with van der Waals surface area (Å²) in [5.74, 6) is 0.261. The Hall–Kier alpha value is -2.32. The monoisotopic (exact) mass is 224 g/mol. The first kappa shape index (κ1) is 10.2. The lowest BCUT2D eigenvalue weighted by Gasteiger charge is -2.00. The van der Waals surface area contributed by atoms with E-state index in [1.807, 2.05) is 0 Å². The molecule has 84 valence electrons. The van der Waals surface area contributed by atoms with Crippen LogP contribution >= 0.6 is 0 Å². The molecule has 0 spiro atoms. The minimum atomic E-state index is -0.483. The maximum absolute atomic E-state index is 11.3. The molecule has 0 amide bonds. The van der Waals surface area contributed by atoms with Crippen molar-refractivity contribution in [1.29, 1.82) is 0 Å². The summed E-state index contributed by atoms with van der Waals surface area (Å²) in [4.78, 5) is 15.1. The summed E-state index contributed by atoms with van der Waals surface area (Å²) < 4.78 is 10.9. The topological polar surface area (TPSA) is 109 Å². The van der Waals surface area contributed by atoms with Gasteiger partial charge in [-0.25, -0.2) is 4.68 Å². The van der Waals surface area contributed by atoms with Gasteiger partial charge in [0.15, 0.2) is 12.4 Å². The van der Waals surface area contributed by atoms with Gasteiger partial charge in [-0.1, -0.05) is 5.16 Å². The van der Waals surface area contributed by atoms with E-state index in [1.165, 1.54) is 11.0 Å². The normalized spacial score (nSPS) is 10.3. The third kappa shape index (κ3) is 2.59. The van der Waals surface area contributed by atoms with Gasteiger partial charge in [0.2, 0.25) is 0 Å². The Balaban J connectivity index is 1.80. The molecule has 16 heavy (non-hydrogen) atoms. The smallest absolute Gasteiger partial charge is 0.328 e. The molecule has 0 aliphatic rings. The van der Waals surface area contributed by atoms with Gasteiger partial charge in [0.1, 0.15) is 12.9 Å². The first-order chi connectivity index (χ1) is 7.74. The van der Waals surface area contributed by atoms with Crippen molar-refractivity contribution in [3.8, 4) is 0 Å². The SMILES string of the molecule is Cc1noc(COC(=O)Cn2cnnn2)n1. The second kappa shape index (κ2) is 4.47. The van der Waals surface area contributed by atoms with E-state index in [9.17, 15) is 4.79 Å². The summed E-state index contributed by atoms with van der Waals surface area (Å²) in [5.41, 5.74) is 0. The van der Waals surface area contributed by atoms with Crippen molar-refractivity contribution in [1.82, 2.24) is 30.3 Å². The molecule has 0 unspecified atom stereocenters. The van der Waals surface area contributed by atoms with Gasteiger partial charge in [0.05, 0.1) is 0 Å². The fraction of sp³-hybridized carbons (Fsp3) is 0.429. The molecular formula is C7H8N6O3. The van der Waals surface area contributed by atoms with E-state index in [4.69, 9.17) is 9.26 Å². The van der Waals surface area contributed by atoms with Crippen LogP contribution in [0, 0.1) is 6.92 Å². The lowest BCUT2D eigenvalue weighted by Crippen LogP contribution is -2.14. The fourth-order valence-electron chi connectivity index (χ4n) is 0.972. The molecule has 2 aromatic heterocycles. The van der Waals surface area contributed by atoms with Crippen LogP contribution in [0.4, 0.5) is 0 Å². The molecule has 0 saturated carbocycles. The number of hydrogen-bond donors (Lipinski definition) is 0. The molecule has 0 aromatic carbocycles. The zero-order chi connectivity index (χ0) is 11.4. The standard InChI is InChI=1S/C7H8N6O3/c1-5-9-6(16-10-5)3-15-7(14)2-13-4-8-11-12-13/h4H,2-3H2,1H3. The zero-order valence-corrected chi connectivity index (χ0v) is 8.40. The van der Waals surface area contributed by atoms with Crippen molar-refractivity contribution in [2.45, 2.75) is 20.1 Å². The van der Waals surface area contributed by atoms with E-state index in [2.05, 4.69) is 25.7 Å². The lowest BCUT2D eigenvalue weighted by atomic mass is 10.6. The highest BCUT2D eigenvalue weighted by Crippen LogP contribution is 1.98. The van der Waals surface area contributed by atoms with E-state index < -0.39 is 5.97 Å². The molecule has 9 nitrogen and oxygen atoms in total. The number of tetrazole rings is 1. The Morgan fingerprint density at radius 2 is 2.50 bits per heavy atom. The molecule has 9 heteroatoms. The first-order valence-corrected chi connectivity index (χ1v) is 4.39. The molecule has 0 atom stereocenters. The highest BCUT2D eigenvalue weighted by atomic mass is 16.6. The lowest BCUT2D eigenvalue weighted by molar-refractivity contribution is -0.146. The molecule has 0 saturated heterocycles. The Labute approximate surface area is 89.4 Å². The van der Waals surface area contributed by atoms with Gasteiger partial charge in [-0.05, 0) is 17.4 Å². The van der Waals surface area contributed by atoms with Gasteiger partial charge in [-0.3, -0.25) is 4.79 Å². The average molecular weight is 224 g/mol. The summed E-state index contributed by atoms with van der Waals surface area (Å²) >= 11 is 0. The van der Waals surface area contributed by atoms with Crippen molar-refractivity contribution in [2.24, 2.45) is 0 Å². The quantitative estimate of drug-likeness (QED) is 0.615. The molecule has 0 radical (unpaired) electrons. The van der Waals surface area contributed by atoms with E-state index in [0.717, 1.165) is 0 Å². The van der Waals surface area contributed by atoms with E-state index >= 15 is 0 Å². The predicted octanol–water partition coefficient (Wildman–Crippen LogP) is -0.892. The van der Waals surface area contributed by atoms with Crippen molar-refractivity contribution >= 4 is 5.97 Å². The molecule has 0 bridgehead atoms. The number of carbonyl (C=O) groups is 1. The van der Waals surface area contributed by atoms with Gasteiger partial charge in [-0.2, -0.15) is 4.98 Å². The van der Waals surface area contributed by atoms with Crippen molar-refractivity contribution in [3.05, 3.63) is 18.0 Å². The Morgan fingerprint density at radius 1 is 1.62 bits per heavy atom. The maximum Gasteiger partial charge on any atom is 0.328 e. The largest absolute Gasteiger partial charge is 0.454 e. The van der Waals surface area contributed by atoms with Gasteiger partial charge < -0.3 is 9.26 Å². The number of nitrogens with zero attached hydrogens (tertiary/aromatic N) is 6. The van der Waals surface area contributed by atoms with E-state index in [1.54, 1.807) is 6.92 Å². The molecule has 0 N–H and O–H groups in total. The van der Waals surface area contributed by atoms with Gasteiger partial charge in [0.25, 0.3) is 5.89 Å². The number of rotatable bonds is 4. The van der Waals surface area contributed by atoms with Crippen molar-refractivity contribution in [3.63, 3.8) is 0 Å². The highest BCUT2D eigenvalue weighted by molar-refractivity contribution is 5.68. The minimum absolute atomic E-state index is 0.0538. The fourth-order valence-corrected chi connectivity index (χ4v) is 0.972. The third-order valence-electron chi connectivity index (χ3n) is 1.61. The second-order valence-electron chi connectivity index (χ2n) is 2.90. The Morgan fingerprint density at radius 3 is 3.12 bits per heavy atom. The van der Waals surface area contributed by atoms with E-state index in [0.29, 0.717) is 5.82 Å². The molecule has 0 aliphatic heterocycles. The number of aromatic nitrogens is 6. The number of ether oxygens (including phenoxy) is 1. The van der Waals surface area contributed by atoms with Crippen LogP contribution in [-0.4, -0.2) is 36.3 Å². The van der Waals surface area contributed by atoms with E-state index in [-0.39, 0.29) is 19.0 Å². The Kier molecular flexibility index (Phi) is 2.85. The van der Waals surface area contributed by atoms with Crippen molar-refractivity contribution < 1.29 is 14.1 Å². The summed E-state index contributed by atoms with van der Waals surface area (Å²) in [6, 6.07) is 0. The summed E-state index contributed by atoms with van der Waals surface area (Å²) in [7, 11) is 0. The maximum atomic E-state index is 11.3. The number of carbonyl (C=O) groups excluding carboxylic acids is 1. The summed E-state index contributed by atoms with van der Waals surface area (Å²) in [6.07, 6.45) is 1.32. The third-order valence-corrected chi connectivity index (χ3v) is 1.61. The minimum Gasteiger partial charge on any atom is -0.454 e. The van der Waals surface area contributed by atoms with Crippen LogP contribution in [-0.2, 0) is 22.7 Å². The zero-order valence-electron chi connectivity index (χ0n) is 8.40. The van der Waals surface area contributed by atoms with Crippen molar-refractivity contribution in [2.75, 3.05) is 0 Å². The van der Waals surface area contributed by atoms with Gasteiger partial charge >= 0.3 is 5.97 Å². The molecule has 2 aromatic rings. The van der Waals surface area contributed by atoms with Crippen LogP contribution in [0.15, 0.2) is 10.9 Å². The summed E-state index contributed by atoms with van der Waals surface area (Å²) in [5, 5.41) is 13.8. The van der Waals surface area contributed by atoms with Gasteiger partial charge in [-0.15, -0.1) is 5.10 Å². The first-order valence-electron chi connectivity index (χ1n) is 4.39. The number of esters is 1. The van der Waals surface area contributed by atoms with Crippen LogP contribution in [0.2, 0.25) is 0 Å². The molecule has 2 rings (SSSR count). The van der Waals surface area contributed by atoms with Crippen LogP contribution in [0.5, 0.6) is 0 Å². The molecular weight excluding hydrogens is 216 g/mol. The molecule has 0 aliphatic carbocycles. The second-order valence-corrected chi connectivity index (χ2v) is 2.90. The van der Waals surface area contributed by atoms with Crippen LogP contribution in [0.1, 0.15) is 11.7 Å². The average Bonchev–Trinajstić information content (AvgIpc) is 2.87. The van der Waals surface area contributed by atoms with Crippen LogP contribution in [0.3, 0.4) is 0 Å². The number of hydrogen-bond acceptors (Lipinski definition) is 8.